The number of rotatable bonds is 8. The molecule has 3 heterocycles. The van der Waals surface area contributed by atoms with Crippen molar-refractivity contribution in [2.75, 3.05) is 61.8 Å². The molecular weight excluding hydrogens is 410 g/mol. The van der Waals surface area contributed by atoms with Crippen molar-refractivity contribution in [2.24, 2.45) is 0 Å². The first-order chi connectivity index (χ1) is 15.1. The number of halogens is 1. The van der Waals surface area contributed by atoms with E-state index in [9.17, 15) is 0 Å². The van der Waals surface area contributed by atoms with Gasteiger partial charge in [0, 0.05) is 73.3 Å². The number of pyridine rings is 1. The van der Waals surface area contributed by atoms with Crippen LogP contribution in [0.4, 0.5) is 17.5 Å². The summed E-state index contributed by atoms with van der Waals surface area (Å²) in [6, 6.07) is 9.90. The Morgan fingerprint density at radius 1 is 0.968 bits per heavy atom. The maximum Gasteiger partial charge on any atom is 0.224 e. The minimum absolute atomic E-state index is 0.706. The summed E-state index contributed by atoms with van der Waals surface area (Å²) in [5.41, 5.74) is 3.00. The molecule has 0 aliphatic carbocycles. The summed E-state index contributed by atoms with van der Waals surface area (Å²) >= 11 is 6.07. The van der Waals surface area contributed by atoms with E-state index < -0.39 is 0 Å². The molecule has 7 nitrogen and oxygen atoms in total. The van der Waals surface area contributed by atoms with Gasteiger partial charge < -0.3 is 20.4 Å². The molecule has 0 radical (unpaired) electrons. The van der Waals surface area contributed by atoms with Crippen LogP contribution in [0.1, 0.15) is 18.5 Å². The van der Waals surface area contributed by atoms with Gasteiger partial charge >= 0.3 is 0 Å². The summed E-state index contributed by atoms with van der Waals surface area (Å²) in [6.07, 6.45) is 3.89. The van der Waals surface area contributed by atoms with Gasteiger partial charge in [-0.2, -0.15) is 4.98 Å². The molecule has 0 saturated carbocycles. The van der Waals surface area contributed by atoms with Crippen LogP contribution >= 0.6 is 11.6 Å². The van der Waals surface area contributed by atoms with Crippen LogP contribution in [0.3, 0.4) is 0 Å². The summed E-state index contributed by atoms with van der Waals surface area (Å²) in [6.45, 7) is 7.92. The van der Waals surface area contributed by atoms with Gasteiger partial charge in [0.15, 0.2) is 0 Å². The van der Waals surface area contributed by atoms with E-state index in [4.69, 9.17) is 16.6 Å². The van der Waals surface area contributed by atoms with Crippen molar-refractivity contribution in [3.8, 4) is 0 Å². The van der Waals surface area contributed by atoms with Gasteiger partial charge in [0.05, 0.1) is 5.52 Å². The number of anilines is 3. The first kappa shape index (κ1) is 21.6. The highest BCUT2D eigenvalue weighted by Gasteiger charge is 2.16. The molecule has 1 aliphatic rings. The van der Waals surface area contributed by atoms with Crippen LogP contribution in [0.5, 0.6) is 0 Å². The molecule has 0 spiro atoms. The first-order valence-corrected chi connectivity index (χ1v) is 11.3. The van der Waals surface area contributed by atoms with Crippen molar-refractivity contribution in [1.82, 2.24) is 19.9 Å². The third kappa shape index (κ3) is 5.74. The maximum atomic E-state index is 6.07. The third-order valence-corrected chi connectivity index (χ3v) is 5.81. The third-order valence-electron chi connectivity index (χ3n) is 5.57. The quantitative estimate of drug-likeness (QED) is 0.513. The molecule has 8 heteroatoms. The molecular formula is C23H30ClN7. The molecule has 1 fully saturated rings. The summed E-state index contributed by atoms with van der Waals surface area (Å²) in [7, 11) is 2.16. The largest absolute Gasteiger partial charge is 0.384 e. The smallest absolute Gasteiger partial charge is 0.224 e. The topological polar surface area (TPSA) is 69.2 Å². The van der Waals surface area contributed by atoms with E-state index >= 15 is 0 Å². The highest BCUT2D eigenvalue weighted by molar-refractivity contribution is 6.31. The maximum absolute atomic E-state index is 6.07. The lowest BCUT2D eigenvalue weighted by atomic mass is 10.2. The lowest BCUT2D eigenvalue weighted by Gasteiger charge is -2.33. The molecule has 1 aromatic carbocycles. The second-order valence-electron chi connectivity index (χ2n) is 8.06. The van der Waals surface area contributed by atoms with Gasteiger partial charge in [-0.1, -0.05) is 11.6 Å². The minimum atomic E-state index is 0.706. The molecule has 0 unspecified atom stereocenters. The van der Waals surface area contributed by atoms with E-state index in [-0.39, 0.29) is 0 Å². The second kappa shape index (κ2) is 10.1. The Labute approximate surface area is 188 Å². The van der Waals surface area contributed by atoms with Gasteiger partial charge in [0.1, 0.15) is 5.82 Å². The number of hydrogen-bond acceptors (Lipinski definition) is 7. The average molecular weight is 440 g/mol. The molecule has 4 rings (SSSR count). The van der Waals surface area contributed by atoms with Gasteiger partial charge in [-0.05, 0) is 51.1 Å². The molecule has 164 valence electrons. The number of nitrogens with one attached hydrogen (secondary N) is 2. The zero-order valence-corrected chi connectivity index (χ0v) is 19.0. The van der Waals surface area contributed by atoms with Crippen molar-refractivity contribution in [3.63, 3.8) is 0 Å². The van der Waals surface area contributed by atoms with Crippen LogP contribution in [0.25, 0.3) is 10.9 Å². The highest BCUT2D eigenvalue weighted by Crippen LogP contribution is 2.24. The zero-order valence-electron chi connectivity index (χ0n) is 18.2. The van der Waals surface area contributed by atoms with Gasteiger partial charge in [0.2, 0.25) is 5.95 Å². The van der Waals surface area contributed by atoms with Gasteiger partial charge in [-0.3, -0.25) is 4.98 Å². The van der Waals surface area contributed by atoms with E-state index in [1.54, 1.807) is 0 Å². The predicted molar refractivity (Wildman–Crippen MR) is 129 cm³/mol. The predicted octanol–water partition coefficient (Wildman–Crippen LogP) is 4.04. The van der Waals surface area contributed by atoms with Crippen LogP contribution in [-0.4, -0.2) is 66.2 Å². The molecule has 1 aliphatic heterocycles. The molecule has 31 heavy (non-hydrogen) atoms. The van der Waals surface area contributed by atoms with Crippen molar-refractivity contribution < 1.29 is 0 Å². The molecule has 3 aromatic rings. The van der Waals surface area contributed by atoms with Crippen molar-refractivity contribution >= 4 is 40.0 Å². The van der Waals surface area contributed by atoms with Gasteiger partial charge in [0.25, 0.3) is 0 Å². The Bertz CT molecular complexity index is 1020. The van der Waals surface area contributed by atoms with E-state index in [0.717, 1.165) is 86.2 Å². The molecule has 2 aromatic heterocycles. The molecule has 1 saturated heterocycles. The van der Waals surface area contributed by atoms with Crippen LogP contribution in [0.2, 0.25) is 5.02 Å². The fourth-order valence-electron chi connectivity index (χ4n) is 3.78. The number of piperazine rings is 1. The van der Waals surface area contributed by atoms with Crippen LogP contribution in [0.15, 0.2) is 36.5 Å². The number of hydrogen-bond donors (Lipinski definition) is 2. The number of unbranched alkanes of at least 4 members (excludes halogenated alkanes) is 1. The summed E-state index contributed by atoms with van der Waals surface area (Å²) in [5.74, 6) is 1.74. The highest BCUT2D eigenvalue weighted by atomic mass is 35.5. The molecule has 0 bridgehead atoms. The lowest BCUT2D eigenvalue weighted by molar-refractivity contribution is 0.312. The van der Waals surface area contributed by atoms with E-state index in [0.29, 0.717) is 5.02 Å². The fraction of sp³-hybridized carbons (Fsp3) is 0.435. The normalized spacial score (nSPS) is 14.7. The molecule has 0 atom stereocenters. The Morgan fingerprint density at radius 3 is 2.55 bits per heavy atom. The first-order valence-electron chi connectivity index (χ1n) is 10.9. The minimum Gasteiger partial charge on any atom is -0.384 e. The van der Waals surface area contributed by atoms with Crippen molar-refractivity contribution in [1.29, 1.82) is 0 Å². The zero-order chi connectivity index (χ0) is 21.6. The Kier molecular flexibility index (Phi) is 7.04. The Hall–Kier alpha value is -2.64. The Morgan fingerprint density at radius 2 is 1.74 bits per heavy atom. The van der Waals surface area contributed by atoms with Crippen LogP contribution in [0, 0.1) is 6.92 Å². The van der Waals surface area contributed by atoms with Crippen molar-refractivity contribution in [3.05, 3.63) is 47.2 Å². The van der Waals surface area contributed by atoms with Gasteiger partial charge in [-0.15, -0.1) is 0 Å². The number of likely N-dealkylation sites (N-methyl/N-ethyl adjacent to an activating group) is 1. The van der Waals surface area contributed by atoms with E-state index in [1.165, 1.54) is 0 Å². The summed E-state index contributed by atoms with van der Waals surface area (Å²) in [4.78, 5) is 18.4. The standard InChI is InChI=1S/C23H30ClN7/c1-17-15-22(31-13-11-30(2)12-14-31)29-23(28-17)27-9-4-3-8-25-20-7-10-26-21-16-18(24)5-6-19(20)21/h5-7,10,15-16H,3-4,8-9,11-14H2,1-2H3,(H,25,26)(H,27,28,29). The number of benzene rings is 1. The SMILES string of the molecule is Cc1cc(N2CCN(C)CC2)nc(NCCCCNc2ccnc3cc(Cl)ccc23)n1. The van der Waals surface area contributed by atoms with Crippen LogP contribution < -0.4 is 15.5 Å². The second-order valence-corrected chi connectivity index (χ2v) is 8.50. The number of aryl methyl sites for hydroxylation is 1. The average Bonchev–Trinajstić information content (AvgIpc) is 2.76. The van der Waals surface area contributed by atoms with Gasteiger partial charge in [-0.25, -0.2) is 4.98 Å². The van der Waals surface area contributed by atoms with Crippen molar-refractivity contribution in [2.45, 2.75) is 19.8 Å². The fourth-order valence-corrected chi connectivity index (χ4v) is 3.94. The van der Waals surface area contributed by atoms with E-state index in [1.807, 2.05) is 37.4 Å². The number of fused-ring (bicyclic) bond motifs is 1. The molecule has 0 amide bonds. The lowest BCUT2D eigenvalue weighted by Crippen LogP contribution is -2.44. The number of nitrogens with zero attached hydrogens (tertiary/aromatic N) is 5. The summed E-state index contributed by atoms with van der Waals surface area (Å²) in [5, 5.41) is 8.71. The van der Waals surface area contributed by atoms with E-state index in [2.05, 4.69) is 43.5 Å². The monoisotopic (exact) mass is 439 g/mol. The molecule has 2 N–H and O–H groups in total. The Balaban J connectivity index is 1.24. The summed E-state index contributed by atoms with van der Waals surface area (Å²) < 4.78 is 0. The number of aromatic nitrogens is 3. The van der Waals surface area contributed by atoms with Crippen LogP contribution in [-0.2, 0) is 0 Å².